The van der Waals surface area contributed by atoms with Crippen LogP contribution < -0.4 is 5.69 Å². The number of hydrogen-bond acceptors (Lipinski definition) is 6. The number of ketones is 1. The lowest BCUT2D eigenvalue weighted by Gasteiger charge is -2.31. The number of carbonyl (C=O) groups excluding carboxylic acids is 1. The van der Waals surface area contributed by atoms with Crippen LogP contribution in [0.15, 0.2) is 53.7 Å². The molecular weight excluding hydrogens is 502 g/mol. The minimum absolute atomic E-state index is 0.0991. The summed E-state index contributed by atoms with van der Waals surface area (Å²) in [5.41, 5.74) is 4.73. The van der Waals surface area contributed by atoms with Crippen LogP contribution in [0.25, 0.3) is 22.5 Å². The normalized spacial score (nSPS) is 18.1. The van der Waals surface area contributed by atoms with E-state index < -0.39 is 6.04 Å². The Bertz CT molecular complexity index is 1470. The summed E-state index contributed by atoms with van der Waals surface area (Å²) >= 11 is 0. The van der Waals surface area contributed by atoms with Gasteiger partial charge < -0.3 is 0 Å². The first kappa shape index (κ1) is 27.7. The van der Waals surface area contributed by atoms with Crippen LogP contribution in [-0.2, 0) is 17.8 Å². The number of aromatic amines is 1. The lowest BCUT2D eigenvalue weighted by Crippen LogP contribution is -2.38. The number of Topliss-reactive ketones (excluding diaryl/α,β-unsaturated/α-hetero) is 1. The van der Waals surface area contributed by atoms with E-state index in [0.717, 1.165) is 72.9 Å². The number of carbonyl (C=O) groups is 1. The SMILES string of the molecule is CCCCc1cn(C2C(=O)CCCCCC2C(C)C)c(=O)n1Cc1cnccc1-c1ccc(-c2nn[nH]n2)cc1. The summed E-state index contributed by atoms with van der Waals surface area (Å²) < 4.78 is 3.65. The van der Waals surface area contributed by atoms with Gasteiger partial charge in [-0.2, -0.15) is 5.21 Å². The largest absolute Gasteiger partial charge is 0.329 e. The van der Waals surface area contributed by atoms with E-state index in [9.17, 15) is 9.59 Å². The molecule has 5 rings (SSSR count). The number of benzene rings is 1. The molecule has 1 fully saturated rings. The molecule has 9 heteroatoms. The van der Waals surface area contributed by atoms with E-state index in [0.29, 0.717) is 24.7 Å². The monoisotopic (exact) mass is 541 g/mol. The minimum atomic E-state index is -0.402. The molecule has 0 bridgehead atoms. The lowest BCUT2D eigenvalue weighted by molar-refractivity contribution is -0.125. The molecule has 0 amide bonds. The Kier molecular flexibility index (Phi) is 8.67. The van der Waals surface area contributed by atoms with E-state index in [1.807, 2.05) is 47.3 Å². The van der Waals surface area contributed by atoms with Crippen LogP contribution in [0.4, 0.5) is 0 Å². The third-order valence-corrected chi connectivity index (χ3v) is 8.26. The van der Waals surface area contributed by atoms with Gasteiger partial charge in [0.2, 0.25) is 5.82 Å². The Balaban J connectivity index is 1.53. The molecule has 0 aliphatic heterocycles. The van der Waals surface area contributed by atoms with Gasteiger partial charge in [-0.3, -0.25) is 18.9 Å². The van der Waals surface area contributed by atoms with Gasteiger partial charge in [0, 0.05) is 36.3 Å². The number of hydrogen-bond donors (Lipinski definition) is 1. The lowest BCUT2D eigenvalue weighted by atomic mass is 9.79. The highest BCUT2D eigenvalue weighted by atomic mass is 16.2. The van der Waals surface area contributed by atoms with Crippen molar-refractivity contribution in [3.05, 3.63) is 70.7 Å². The summed E-state index contributed by atoms with van der Waals surface area (Å²) in [5.74, 6) is 1.22. The van der Waals surface area contributed by atoms with Crippen molar-refractivity contribution in [3.8, 4) is 22.5 Å². The summed E-state index contributed by atoms with van der Waals surface area (Å²) in [5, 5.41) is 14.2. The van der Waals surface area contributed by atoms with Crippen molar-refractivity contribution in [2.45, 2.75) is 84.7 Å². The van der Waals surface area contributed by atoms with Gasteiger partial charge in [-0.25, -0.2) is 4.79 Å². The molecule has 1 aromatic carbocycles. The first-order valence-electron chi connectivity index (χ1n) is 14.6. The average molecular weight is 542 g/mol. The third-order valence-electron chi connectivity index (χ3n) is 8.26. The number of aryl methyl sites for hydroxylation is 1. The number of nitrogens with one attached hydrogen (secondary N) is 1. The van der Waals surface area contributed by atoms with E-state index in [-0.39, 0.29) is 17.4 Å². The fraction of sp³-hybridized carbons (Fsp3) is 0.484. The van der Waals surface area contributed by atoms with Gasteiger partial charge in [-0.05, 0) is 65.5 Å². The van der Waals surface area contributed by atoms with Crippen LogP contribution in [0.1, 0.15) is 83.0 Å². The standard InChI is InChI=1S/C31H39N7O2/c1-4-5-9-25-20-38(29-26(21(2)3)10-7-6-8-11-28(29)39)31(40)37(25)19-24-18-32-17-16-27(24)22-12-14-23(15-13-22)30-33-35-36-34-30/h12-18,20-21,26,29H,4-11,19H2,1-3H3,(H,33,34,35,36). The van der Waals surface area contributed by atoms with Gasteiger partial charge in [0.25, 0.3) is 0 Å². The van der Waals surface area contributed by atoms with Crippen molar-refractivity contribution in [3.63, 3.8) is 0 Å². The first-order valence-corrected chi connectivity index (χ1v) is 14.6. The van der Waals surface area contributed by atoms with E-state index in [4.69, 9.17) is 0 Å². The molecule has 40 heavy (non-hydrogen) atoms. The summed E-state index contributed by atoms with van der Waals surface area (Å²) in [6.07, 6.45) is 13.0. The first-order chi connectivity index (χ1) is 19.5. The predicted octanol–water partition coefficient (Wildman–Crippen LogP) is 5.63. The van der Waals surface area contributed by atoms with Crippen LogP contribution in [-0.4, -0.2) is 40.5 Å². The molecule has 9 nitrogen and oxygen atoms in total. The summed E-state index contributed by atoms with van der Waals surface area (Å²) in [6.45, 7) is 6.91. The third kappa shape index (κ3) is 5.83. The van der Waals surface area contributed by atoms with Crippen LogP contribution >= 0.6 is 0 Å². The van der Waals surface area contributed by atoms with Crippen LogP contribution in [0.5, 0.6) is 0 Å². The van der Waals surface area contributed by atoms with E-state index in [1.54, 1.807) is 10.8 Å². The van der Waals surface area contributed by atoms with Gasteiger partial charge in [-0.1, -0.05) is 64.3 Å². The van der Waals surface area contributed by atoms with Crippen molar-refractivity contribution < 1.29 is 4.79 Å². The molecule has 1 saturated carbocycles. The van der Waals surface area contributed by atoms with Gasteiger partial charge in [0.15, 0.2) is 5.78 Å². The molecule has 1 aliphatic carbocycles. The van der Waals surface area contributed by atoms with Crippen LogP contribution in [0.2, 0.25) is 0 Å². The quantitative estimate of drug-likeness (QED) is 0.294. The number of aromatic nitrogens is 7. The average Bonchev–Trinajstić information content (AvgIpc) is 3.59. The van der Waals surface area contributed by atoms with Gasteiger partial charge in [0.1, 0.15) is 0 Å². The molecule has 4 aromatic rings. The number of unbranched alkanes of at least 4 members (excludes halogenated alkanes) is 1. The number of nitrogens with zero attached hydrogens (tertiary/aromatic N) is 6. The molecule has 3 heterocycles. The Labute approximate surface area is 235 Å². The zero-order valence-electron chi connectivity index (χ0n) is 23.7. The van der Waals surface area contributed by atoms with E-state index in [2.05, 4.69) is 46.4 Å². The zero-order valence-corrected chi connectivity index (χ0v) is 23.7. The predicted molar refractivity (Wildman–Crippen MR) is 155 cm³/mol. The highest BCUT2D eigenvalue weighted by molar-refractivity contribution is 5.83. The van der Waals surface area contributed by atoms with E-state index in [1.165, 1.54) is 0 Å². The number of imidazole rings is 1. The maximum Gasteiger partial charge on any atom is 0.329 e. The maximum absolute atomic E-state index is 14.1. The Morgan fingerprint density at radius 1 is 1.05 bits per heavy atom. The highest BCUT2D eigenvalue weighted by Gasteiger charge is 2.34. The molecule has 1 aliphatic rings. The number of tetrazole rings is 1. The number of H-pyrrole nitrogens is 1. The van der Waals surface area contributed by atoms with Crippen molar-refractivity contribution in [2.75, 3.05) is 0 Å². The van der Waals surface area contributed by atoms with Crippen molar-refractivity contribution in [1.29, 1.82) is 0 Å². The summed E-state index contributed by atoms with van der Waals surface area (Å²) in [6, 6.07) is 9.56. The second-order valence-corrected chi connectivity index (χ2v) is 11.3. The molecule has 0 saturated heterocycles. The Hall–Kier alpha value is -3.88. The molecule has 0 radical (unpaired) electrons. The van der Waals surface area contributed by atoms with Crippen molar-refractivity contribution in [2.24, 2.45) is 11.8 Å². The zero-order chi connectivity index (χ0) is 28.1. The van der Waals surface area contributed by atoms with Crippen LogP contribution in [0.3, 0.4) is 0 Å². The van der Waals surface area contributed by atoms with Crippen molar-refractivity contribution in [1.82, 2.24) is 34.7 Å². The fourth-order valence-electron chi connectivity index (χ4n) is 6.02. The smallest absolute Gasteiger partial charge is 0.297 e. The Morgan fingerprint density at radius 2 is 1.85 bits per heavy atom. The van der Waals surface area contributed by atoms with Gasteiger partial charge >= 0.3 is 5.69 Å². The number of pyridine rings is 1. The van der Waals surface area contributed by atoms with Crippen molar-refractivity contribution >= 4 is 5.78 Å². The topological polar surface area (TPSA) is 111 Å². The van der Waals surface area contributed by atoms with Crippen LogP contribution in [0, 0.1) is 11.8 Å². The molecular formula is C31H39N7O2. The number of rotatable bonds is 9. The van der Waals surface area contributed by atoms with Gasteiger partial charge in [-0.15, -0.1) is 10.2 Å². The second-order valence-electron chi connectivity index (χ2n) is 11.3. The summed E-state index contributed by atoms with van der Waals surface area (Å²) in [4.78, 5) is 32.0. The molecule has 3 aromatic heterocycles. The fourth-order valence-corrected chi connectivity index (χ4v) is 6.02. The maximum atomic E-state index is 14.1. The molecule has 2 atom stereocenters. The molecule has 1 N–H and O–H groups in total. The van der Waals surface area contributed by atoms with Gasteiger partial charge in [0.05, 0.1) is 12.6 Å². The molecule has 210 valence electrons. The summed E-state index contributed by atoms with van der Waals surface area (Å²) in [7, 11) is 0. The highest BCUT2D eigenvalue weighted by Crippen LogP contribution is 2.34. The molecule has 0 spiro atoms. The van der Waals surface area contributed by atoms with E-state index >= 15 is 0 Å². The minimum Gasteiger partial charge on any atom is -0.297 e. The second kappa shape index (κ2) is 12.5. The molecule has 2 unspecified atom stereocenters. The Morgan fingerprint density at radius 3 is 2.58 bits per heavy atom.